The van der Waals surface area contributed by atoms with Crippen LogP contribution in [0.15, 0.2) is 71.6 Å². The molecular formula is C23H19ClFN3O4S. The first-order valence-corrected chi connectivity index (χ1v) is 11.6. The van der Waals surface area contributed by atoms with Crippen molar-refractivity contribution in [3.8, 4) is 5.75 Å². The first kappa shape index (κ1) is 22.6. The number of carbonyl (C=O) groups excluding carboxylic acids is 1. The minimum atomic E-state index is -4.42. The molecule has 0 fully saturated rings. The maximum absolute atomic E-state index is 14.0. The first-order valence-electron chi connectivity index (χ1n) is 9.72. The molecule has 170 valence electrons. The van der Waals surface area contributed by atoms with Crippen LogP contribution < -0.4 is 14.8 Å². The molecule has 0 aliphatic carbocycles. The summed E-state index contributed by atoms with van der Waals surface area (Å²) in [7, 11) is -1.26. The maximum atomic E-state index is 14.0. The molecular weight excluding hydrogens is 469 g/mol. The van der Waals surface area contributed by atoms with Gasteiger partial charge in [0.05, 0.1) is 17.6 Å². The van der Waals surface area contributed by atoms with E-state index in [1.165, 1.54) is 22.8 Å². The summed E-state index contributed by atoms with van der Waals surface area (Å²) in [5.74, 6) is -1.21. The van der Waals surface area contributed by atoms with Gasteiger partial charge in [-0.25, -0.2) is 17.5 Å². The topological polar surface area (TPSA) is 89.4 Å². The molecule has 4 aromatic rings. The van der Waals surface area contributed by atoms with Crippen LogP contribution in [0.1, 0.15) is 10.5 Å². The average Bonchev–Trinajstić information content (AvgIpc) is 3.14. The van der Waals surface area contributed by atoms with Gasteiger partial charge in [0.15, 0.2) is 0 Å². The van der Waals surface area contributed by atoms with Gasteiger partial charge in [-0.05, 0) is 42.5 Å². The number of halogens is 2. The summed E-state index contributed by atoms with van der Waals surface area (Å²) >= 11 is 6.38. The number of aromatic nitrogens is 1. The first-order chi connectivity index (χ1) is 15.7. The Hall–Kier alpha value is -3.56. The third-order valence-corrected chi connectivity index (χ3v) is 6.75. The van der Waals surface area contributed by atoms with Crippen LogP contribution in [0.2, 0.25) is 5.02 Å². The number of fused-ring (bicyclic) bond motifs is 1. The smallest absolute Gasteiger partial charge is 0.281 e. The van der Waals surface area contributed by atoms with Crippen LogP contribution in [0.3, 0.4) is 0 Å². The minimum Gasteiger partial charge on any atom is -0.497 e. The molecule has 1 amide bonds. The number of hydrogen-bond acceptors (Lipinski definition) is 5. The van der Waals surface area contributed by atoms with E-state index in [-0.39, 0.29) is 5.69 Å². The summed E-state index contributed by atoms with van der Waals surface area (Å²) in [6.07, 6.45) is 0. The van der Waals surface area contributed by atoms with Crippen molar-refractivity contribution >= 4 is 49.8 Å². The Balaban J connectivity index is 1.73. The molecule has 3 aromatic carbocycles. The van der Waals surface area contributed by atoms with E-state index in [9.17, 15) is 17.6 Å². The number of nitrogens with zero attached hydrogens (tertiary/aromatic N) is 1. The van der Waals surface area contributed by atoms with Gasteiger partial charge in [0.2, 0.25) is 0 Å². The van der Waals surface area contributed by atoms with Gasteiger partial charge in [0, 0.05) is 29.9 Å². The van der Waals surface area contributed by atoms with Crippen molar-refractivity contribution in [1.82, 2.24) is 9.29 Å². The van der Waals surface area contributed by atoms with E-state index in [0.29, 0.717) is 27.4 Å². The number of carbonyl (C=O) groups is 1. The van der Waals surface area contributed by atoms with Gasteiger partial charge in [-0.1, -0.05) is 29.8 Å². The van der Waals surface area contributed by atoms with Crippen molar-refractivity contribution in [2.24, 2.45) is 7.05 Å². The molecule has 1 aromatic heterocycles. The summed E-state index contributed by atoms with van der Waals surface area (Å²) in [5.41, 5.74) is 1.95. The quantitative estimate of drug-likeness (QED) is 0.406. The molecule has 33 heavy (non-hydrogen) atoms. The monoisotopic (exact) mass is 487 g/mol. The highest BCUT2D eigenvalue weighted by atomic mass is 35.5. The number of ether oxygens (including phenoxy) is 1. The Morgan fingerprint density at radius 1 is 1.06 bits per heavy atom. The highest BCUT2D eigenvalue weighted by Gasteiger charge is 2.25. The fourth-order valence-electron chi connectivity index (χ4n) is 3.50. The van der Waals surface area contributed by atoms with Crippen LogP contribution in [0, 0.1) is 5.82 Å². The number of hydrogen-bond donors (Lipinski definition) is 2. The van der Waals surface area contributed by atoms with Crippen molar-refractivity contribution in [1.29, 1.82) is 0 Å². The zero-order chi connectivity index (χ0) is 23.8. The molecule has 0 spiro atoms. The third-order valence-electron chi connectivity index (χ3n) is 5.08. The van der Waals surface area contributed by atoms with Crippen molar-refractivity contribution in [3.05, 3.63) is 83.3 Å². The van der Waals surface area contributed by atoms with Crippen LogP contribution in [0.5, 0.6) is 5.75 Å². The largest absolute Gasteiger partial charge is 0.497 e. The Labute approximate surface area is 194 Å². The summed E-state index contributed by atoms with van der Waals surface area (Å²) in [6, 6.07) is 17.1. The van der Waals surface area contributed by atoms with Crippen LogP contribution in [-0.4, -0.2) is 26.0 Å². The number of rotatable bonds is 6. The number of amides is 1. The Morgan fingerprint density at radius 2 is 1.82 bits per heavy atom. The number of nitrogens with one attached hydrogen (secondary N) is 2. The van der Waals surface area contributed by atoms with Crippen molar-refractivity contribution in [2.45, 2.75) is 4.90 Å². The zero-order valence-corrected chi connectivity index (χ0v) is 19.2. The van der Waals surface area contributed by atoms with Crippen LogP contribution in [0.25, 0.3) is 10.9 Å². The van der Waals surface area contributed by atoms with Gasteiger partial charge in [0.25, 0.3) is 15.9 Å². The highest BCUT2D eigenvalue weighted by Crippen LogP contribution is 2.34. The lowest BCUT2D eigenvalue weighted by Gasteiger charge is -2.11. The summed E-state index contributed by atoms with van der Waals surface area (Å²) in [5, 5.41) is 4.23. The Morgan fingerprint density at radius 3 is 2.55 bits per heavy atom. The van der Waals surface area contributed by atoms with Crippen molar-refractivity contribution in [3.63, 3.8) is 0 Å². The van der Waals surface area contributed by atoms with Crippen molar-refractivity contribution < 1.29 is 22.3 Å². The molecule has 7 nitrogen and oxygen atoms in total. The molecule has 0 saturated heterocycles. The van der Waals surface area contributed by atoms with E-state index in [0.717, 1.165) is 17.8 Å². The SMILES string of the molecule is COc1cccc(Nc2ccc(Cl)c3c2cc(C(=O)NS(=O)(=O)c2ccccc2F)n3C)c1. The van der Waals surface area contributed by atoms with Crippen LogP contribution in [0.4, 0.5) is 15.8 Å². The predicted molar refractivity (Wildman–Crippen MR) is 125 cm³/mol. The van der Waals surface area contributed by atoms with Crippen molar-refractivity contribution in [2.75, 3.05) is 12.4 Å². The maximum Gasteiger partial charge on any atom is 0.281 e. The lowest BCUT2D eigenvalue weighted by atomic mass is 10.2. The molecule has 2 N–H and O–H groups in total. The Kier molecular flexibility index (Phi) is 6.01. The number of benzene rings is 3. The number of methoxy groups -OCH3 is 1. The fourth-order valence-corrected chi connectivity index (χ4v) is 4.83. The zero-order valence-electron chi connectivity index (χ0n) is 17.6. The summed E-state index contributed by atoms with van der Waals surface area (Å²) in [4.78, 5) is 12.3. The minimum absolute atomic E-state index is 0.0340. The molecule has 1 heterocycles. The average molecular weight is 488 g/mol. The second-order valence-electron chi connectivity index (χ2n) is 7.17. The lowest BCUT2D eigenvalue weighted by molar-refractivity contribution is 0.0974. The molecule has 10 heteroatoms. The second-order valence-corrected chi connectivity index (χ2v) is 9.23. The van der Waals surface area contributed by atoms with Gasteiger partial charge in [0.1, 0.15) is 22.2 Å². The number of aryl methyl sites for hydroxylation is 1. The van der Waals surface area contributed by atoms with Crippen LogP contribution >= 0.6 is 11.6 Å². The molecule has 4 rings (SSSR count). The number of sulfonamides is 1. The molecule has 0 bridgehead atoms. The summed E-state index contributed by atoms with van der Waals surface area (Å²) < 4.78 is 47.8. The molecule has 0 unspecified atom stereocenters. The van der Waals surface area contributed by atoms with E-state index in [1.54, 1.807) is 32.4 Å². The van der Waals surface area contributed by atoms with E-state index < -0.39 is 26.6 Å². The fraction of sp³-hybridized carbons (Fsp3) is 0.0870. The van der Waals surface area contributed by atoms with E-state index in [2.05, 4.69) is 5.32 Å². The highest BCUT2D eigenvalue weighted by molar-refractivity contribution is 7.90. The van der Waals surface area contributed by atoms with Gasteiger partial charge in [-0.3, -0.25) is 4.79 Å². The van der Waals surface area contributed by atoms with E-state index in [4.69, 9.17) is 16.3 Å². The number of anilines is 2. The molecule has 0 atom stereocenters. The van der Waals surface area contributed by atoms with Gasteiger partial charge < -0.3 is 14.6 Å². The third kappa shape index (κ3) is 4.37. The van der Waals surface area contributed by atoms with Crippen LogP contribution in [-0.2, 0) is 17.1 Å². The van der Waals surface area contributed by atoms with E-state index >= 15 is 0 Å². The molecule has 0 aliphatic rings. The normalized spacial score (nSPS) is 11.4. The predicted octanol–water partition coefficient (Wildman–Crippen LogP) is 4.84. The standard InChI is InChI=1S/C23H19ClFN3O4S/c1-28-20(23(29)27-33(30,31)21-9-4-3-8-18(21)25)13-16-19(11-10-17(24)22(16)28)26-14-6-5-7-15(12-14)32-2/h3-13,26H,1-2H3,(H,27,29). The molecule has 0 saturated carbocycles. The lowest BCUT2D eigenvalue weighted by Crippen LogP contribution is -2.32. The Bertz CT molecular complexity index is 1480. The van der Waals surface area contributed by atoms with Gasteiger partial charge in [-0.15, -0.1) is 0 Å². The van der Waals surface area contributed by atoms with Gasteiger partial charge >= 0.3 is 0 Å². The summed E-state index contributed by atoms with van der Waals surface area (Å²) in [6.45, 7) is 0. The second kappa shape index (κ2) is 8.76. The molecule has 0 radical (unpaired) electrons. The van der Waals surface area contributed by atoms with E-state index in [1.807, 2.05) is 22.9 Å². The van der Waals surface area contributed by atoms with Gasteiger partial charge in [-0.2, -0.15) is 0 Å². The molecule has 0 aliphatic heterocycles.